The van der Waals surface area contributed by atoms with Gasteiger partial charge in [0.1, 0.15) is 5.75 Å². The predicted molar refractivity (Wildman–Crippen MR) is 55.5 cm³/mol. The summed E-state index contributed by atoms with van der Waals surface area (Å²) in [4.78, 5) is 12.8. The van der Waals surface area contributed by atoms with Gasteiger partial charge >= 0.3 is 5.97 Å². The van der Waals surface area contributed by atoms with Crippen LogP contribution >= 0.6 is 0 Å². The van der Waals surface area contributed by atoms with E-state index in [1.165, 1.54) is 0 Å². The Kier molecular flexibility index (Phi) is 3.48. The van der Waals surface area contributed by atoms with Crippen LogP contribution in [0.2, 0.25) is 0 Å². The molecule has 0 radical (unpaired) electrons. The van der Waals surface area contributed by atoms with E-state index in [0.717, 1.165) is 5.69 Å². The fraction of sp³-hybridized carbons (Fsp3) is 0.300. The molecular formula is C10H14N2O2. The minimum absolute atomic E-state index is 0.105. The van der Waals surface area contributed by atoms with E-state index in [4.69, 9.17) is 10.5 Å². The van der Waals surface area contributed by atoms with Crippen molar-refractivity contribution in [2.75, 3.05) is 25.5 Å². The van der Waals surface area contributed by atoms with Gasteiger partial charge in [-0.2, -0.15) is 0 Å². The van der Waals surface area contributed by atoms with E-state index >= 15 is 0 Å². The predicted octanol–water partition coefficient (Wildman–Crippen LogP) is 0.617. The second kappa shape index (κ2) is 4.62. The third-order valence-electron chi connectivity index (χ3n) is 1.73. The van der Waals surface area contributed by atoms with E-state index in [2.05, 4.69) is 0 Å². The van der Waals surface area contributed by atoms with Gasteiger partial charge in [0.25, 0.3) is 0 Å². The Hall–Kier alpha value is -1.55. The molecule has 1 rings (SSSR count). The Morgan fingerprint density at radius 2 is 2.21 bits per heavy atom. The van der Waals surface area contributed by atoms with Crippen molar-refractivity contribution in [2.45, 2.75) is 0 Å². The minimum Gasteiger partial charge on any atom is -0.426 e. The number of anilines is 1. The van der Waals surface area contributed by atoms with E-state index in [-0.39, 0.29) is 6.54 Å². The zero-order valence-corrected chi connectivity index (χ0v) is 8.36. The molecule has 0 unspecified atom stereocenters. The molecule has 2 N–H and O–H groups in total. The van der Waals surface area contributed by atoms with E-state index in [0.29, 0.717) is 5.75 Å². The first kappa shape index (κ1) is 10.5. The number of rotatable bonds is 3. The summed E-state index contributed by atoms with van der Waals surface area (Å²) in [7, 11) is 3.84. The number of benzene rings is 1. The fourth-order valence-electron chi connectivity index (χ4n) is 0.998. The van der Waals surface area contributed by atoms with Gasteiger partial charge in [-0.1, -0.05) is 6.07 Å². The quantitative estimate of drug-likeness (QED) is 0.566. The van der Waals surface area contributed by atoms with Crippen LogP contribution in [0.15, 0.2) is 24.3 Å². The summed E-state index contributed by atoms with van der Waals surface area (Å²) in [6.45, 7) is -0.105. The molecular weight excluding hydrogens is 180 g/mol. The molecule has 76 valence electrons. The molecule has 0 amide bonds. The zero-order valence-electron chi connectivity index (χ0n) is 8.36. The number of ether oxygens (including phenoxy) is 1. The lowest BCUT2D eigenvalue weighted by Gasteiger charge is -2.13. The topological polar surface area (TPSA) is 55.6 Å². The number of esters is 1. The van der Waals surface area contributed by atoms with Crippen molar-refractivity contribution in [3.63, 3.8) is 0 Å². The third kappa shape index (κ3) is 2.74. The van der Waals surface area contributed by atoms with Gasteiger partial charge in [-0.15, -0.1) is 0 Å². The molecule has 0 bridgehead atoms. The standard InChI is InChI=1S/C10H14N2O2/c1-12(2)8-4-3-5-9(6-8)14-10(13)7-11/h3-6H,7,11H2,1-2H3. The first-order valence-electron chi connectivity index (χ1n) is 4.31. The van der Waals surface area contributed by atoms with Crippen LogP contribution in [-0.2, 0) is 4.79 Å². The Morgan fingerprint density at radius 3 is 2.79 bits per heavy atom. The number of nitrogens with two attached hydrogens (primary N) is 1. The number of hydrogen-bond acceptors (Lipinski definition) is 4. The van der Waals surface area contributed by atoms with E-state index < -0.39 is 5.97 Å². The molecule has 0 fully saturated rings. The normalized spacial score (nSPS) is 9.64. The molecule has 0 aliphatic carbocycles. The van der Waals surface area contributed by atoms with Crippen LogP contribution in [0.5, 0.6) is 5.75 Å². The summed E-state index contributed by atoms with van der Waals surface area (Å²) >= 11 is 0. The summed E-state index contributed by atoms with van der Waals surface area (Å²) in [5.74, 6) is 0.0903. The number of carbonyl (C=O) groups excluding carboxylic acids is 1. The van der Waals surface area contributed by atoms with Gasteiger partial charge in [-0.05, 0) is 12.1 Å². The molecule has 0 atom stereocenters. The monoisotopic (exact) mass is 194 g/mol. The zero-order chi connectivity index (χ0) is 10.6. The molecule has 14 heavy (non-hydrogen) atoms. The first-order chi connectivity index (χ1) is 6.63. The second-order valence-electron chi connectivity index (χ2n) is 3.07. The molecule has 0 aliphatic heterocycles. The smallest absolute Gasteiger partial charge is 0.325 e. The van der Waals surface area contributed by atoms with Crippen LogP contribution in [0.3, 0.4) is 0 Å². The van der Waals surface area contributed by atoms with Gasteiger partial charge in [0.05, 0.1) is 6.54 Å². The highest BCUT2D eigenvalue weighted by Gasteiger charge is 2.02. The van der Waals surface area contributed by atoms with Crippen molar-refractivity contribution in [3.05, 3.63) is 24.3 Å². The molecule has 0 aromatic heterocycles. The van der Waals surface area contributed by atoms with Crippen molar-refractivity contribution < 1.29 is 9.53 Å². The summed E-state index contributed by atoms with van der Waals surface area (Å²) < 4.78 is 4.96. The lowest BCUT2D eigenvalue weighted by Crippen LogP contribution is -2.19. The van der Waals surface area contributed by atoms with Crippen LogP contribution in [0.1, 0.15) is 0 Å². The Balaban J connectivity index is 2.78. The van der Waals surface area contributed by atoms with Gasteiger partial charge in [0.2, 0.25) is 0 Å². The molecule has 0 spiro atoms. The van der Waals surface area contributed by atoms with Crippen molar-refractivity contribution in [1.82, 2.24) is 0 Å². The molecule has 4 nitrogen and oxygen atoms in total. The van der Waals surface area contributed by atoms with E-state index in [1.54, 1.807) is 12.1 Å². The first-order valence-corrected chi connectivity index (χ1v) is 4.31. The van der Waals surface area contributed by atoms with Crippen LogP contribution in [0, 0.1) is 0 Å². The molecule has 1 aromatic carbocycles. The summed E-state index contributed by atoms with van der Waals surface area (Å²) in [6.07, 6.45) is 0. The molecule has 0 saturated carbocycles. The van der Waals surface area contributed by atoms with Gasteiger partial charge in [0, 0.05) is 25.8 Å². The van der Waals surface area contributed by atoms with Crippen LogP contribution in [0.4, 0.5) is 5.69 Å². The number of hydrogen-bond donors (Lipinski definition) is 1. The van der Waals surface area contributed by atoms with Crippen molar-refractivity contribution in [3.8, 4) is 5.75 Å². The van der Waals surface area contributed by atoms with Crippen molar-refractivity contribution in [1.29, 1.82) is 0 Å². The highest BCUT2D eigenvalue weighted by Crippen LogP contribution is 2.19. The summed E-state index contributed by atoms with van der Waals surface area (Å²) in [5, 5.41) is 0. The second-order valence-corrected chi connectivity index (χ2v) is 3.07. The molecule has 0 aliphatic rings. The number of carbonyl (C=O) groups is 1. The highest BCUT2D eigenvalue weighted by atomic mass is 16.5. The summed E-state index contributed by atoms with van der Waals surface area (Å²) in [6, 6.07) is 7.27. The Bertz CT molecular complexity index is 324. The minimum atomic E-state index is -0.430. The van der Waals surface area contributed by atoms with Crippen molar-refractivity contribution in [2.24, 2.45) is 5.73 Å². The Morgan fingerprint density at radius 1 is 1.50 bits per heavy atom. The maximum absolute atomic E-state index is 10.9. The van der Waals surface area contributed by atoms with Crippen molar-refractivity contribution >= 4 is 11.7 Å². The lowest BCUT2D eigenvalue weighted by molar-refractivity contribution is -0.132. The molecule has 0 saturated heterocycles. The van der Waals surface area contributed by atoms with E-state index in [9.17, 15) is 4.79 Å². The van der Waals surface area contributed by atoms with E-state index in [1.807, 2.05) is 31.1 Å². The fourth-order valence-corrected chi connectivity index (χ4v) is 0.998. The molecule has 4 heteroatoms. The average Bonchev–Trinajstić information content (AvgIpc) is 2.18. The summed E-state index contributed by atoms with van der Waals surface area (Å²) in [5.41, 5.74) is 6.11. The van der Waals surface area contributed by atoms with Gasteiger partial charge in [-0.25, -0.2) is 0 Å². The van der Waals surface area contributed by atoms with Crippen LogP contribution < -0.4 is 15.4 Å². The SMILES string of the molecule is CN(C)c1cccc(OC(=O)CN)c1. The highest BCUT2D eigenvalue weighted by molar-refractivity contribution is 5.74. The Labute approximate surface area is 83.3 Å². The van der Waals surface area contributed by atoms with Crippen LogP contribution in [-0.4, -0.2) is 26.6 Å². The third-order valence-corrected chi connectivity index (χ3v) is 1.73. The van der Waals surface area contributed by atoms with Gasteiger partial charge in [-0.3, -0.25) is 4.79 Å². The number of nitrogens with zero attached hydrogens (tertiary/aromatic N) is 1. The lowest BCUT2D eigenvalue weighted by atomic mass is 10.3. The molecule has 0 heterocycles. The van der Waals surface area contributed by atoms with Crippen LogP contribution in [0.25, 0.3) is 0 Å². The van der Waals surface area contributed by atoms with Gasteiger partial charge < -0.3 is 15.4 Å². The largest absolute Gasteiger partial charge is 0.426 e. The average molecular weight is 194 g/mol. The maximum Gasteiger partial charge on any atom is 0.325 e. The maximum atomic E-state index is 10.9. The van der Waals surface area contributed by atoms with Gasteiger partial charge in [0.15, 0.2) is 0 Å². The molecule has 1 aromatic rings.